The van der Waals surface area contributed by atoms with Crippen LogP contribution in [0.1, 0.15) is 23.7 Å². The number of nitrogens with one attached hydrogen (secondary N) is 2. The van der Waals surface area contributed by atoms with Crippen LogP contribution in [0.3, 0.4) is 0 Å². The molecule has 0 heterocycles. The standard InChI is InChI=1S/C13H12Cl3FN2O2/c1-2-18-11(20)6-3-10(9(17)4-8(6)14)19-12(21)7-5-13(7,15)16/h3-4,7H,2,5H2,1H3,(H,18,20)(H,19,21). The minimum absolute atomic E-state index is 0.0353. The number of amides is 2. The molecule has 4 nitrogen and oxygen atoms in total. The van der Waals surface area contributed by atoms with Crippen LogP contribution in [0, 0.1) is 11.7 Å². The van der Waals surface area contributed by atoms with Crippen molar-refractivity contribution >= 4 is 52.3 Å². The van der Waals surface area contributed by atoms with Gasteiger partial charge in [-0.1, -0.05) is 11.6 Å². The molecular weight excluding hydrogens is 342 g/mol. The molecule has 21 heavy (non-hydrogen) atoms. The number of carbonyl (C=O) groups is 2. The van der Waals surface area contributed by atoms with Gasteiger partial charge in [0.2, 0.25) is 5.91 Å². The predicted molar refractivity (Wildman–Crippen MR) is 80.6 cm³/mol. The summed E-state index contributed by atoms with van der Waals surface area (Å²) in [6.45, 7) is 2.14. The highest BCUT2D eigenvalue weighted by molar-refractivity contribution is 6.52. The van der Waals surface area contributed by atoms with Crippen LogP contribution in [0.5, 0.6) is 0 Å². The number of alkyl halides is 2. The van der Waals surface area contributed by atoms with E-state index in [4.69, 9.17) is 34.8 Å². The monoisotopic (exact) mass is 352 g/mol. The van der Waals surface area contributed by atoms with E-state index in [9.17, 15) is 14.0 Å². The maximum absolute atomic E-state index is 13.8. The third-order valence-electron chi connectivity index (χ3n) is 3.04. The lowest BCUT2D eigenvalue weighted by atomic mass is 10.1. The van der Waals surface area contributed by atoms with E-state index in [1.165, 1.54) is 6.07 Å². The van der Waals surface area contributed by atoms with Crippen molar-refractivity contribution in [3.8, 4) is 0 Å². The Morgan fingerprint density at radius 3 is 2.57 bits per heavy atom. The molecule has 0 aliphatic heterocycles. The molecule has 114 valence electrons. The van der Waals surface area contributed by atoms with Crippen LogP contribution in [0.2, 0.25) is 5.02 Å². The fourth-order valence-corrected chi connectivity index (χ4v) is 2.54. The molecule has 2 N–H and O–H groups in total. The molecule has 2 amide bonds. The number of rotatable bonds is 4. The Kier molecular flexibility index (Phi) is 4.66. The number of hydrogen-bond donors (Lipinski definition) is 2. The second-order valence-electron chi connectivity index (χ2n) is 4.68. The molecule has 1 aromatic carbocycles. The van der Waals surface area contributed by atoms with E-state index in [-0.39, 0.29) is 16.3 Å². The van der Waals surface area contributed by atoms with Gasteiger partial charge in [0.1, 0.15) is 10.2 Å². The van der Waals surface area contributed by atoms with Gasteiger partial charge in [-0.15, -0.1) is 23.2 Å². The van der Waals surface area contributed by atoms with E-state index in [0.717, 1.165) is 6.07 Å². The fraction of sp³-hybridized carbons (Fsp3) is 0.385. The number of hydrogen-bond acceptors (Lipinski definition) is 2. The van der Waals surface area contributed by atoms with Gasteiger partial charge in [-0.2, -0.15) is 0 Å². The van der Waals surface area contributed by atoms with Crippen LogP contribution in [0.4, 0.5) is 10.1 Å². The summed E-state index contributed by atoms with van der Waals surface area (Å²) in [6.07, 6.45) is 0.306. The number of halogens is 4. The van der Waals surface area contributed by atoms with Gasteiger partial charge >= 0.3 is 0 Å². The summed E-state index contributed by atoms with van der Waals surface area (Å²) in [6, 6.07) is 2.16. The number of anilines is 1. The predicted octanol–water partition coefficient (Wildman–Crippen LogP) is 3.36. The maximum atomic E-state index is 13.8. The normalized spacial score (nSPS) is 19.0. The van der Waals surface area contributed by atoms with Gasteiger partial charge in [-0.05, 0) is 25.5 Å². The lowest BCUT2D eigenvalue weighted by molar-refractivity contribution is -0.117. The second-order valence-corrected chi connectivity index (χ2v) is 6.63. The first-order chi connectivity index (χ1) is 9.76. The first-order valence-electron chi connectivity index (χ1n) is 6.22. The van der Waals surface area contributed by atoms with Crippen molar-refractivity contribution in [2.24, 2.45) is 5.92 Å². The van der Waals surface area contributed by atoms with E-state index in [1.54, 1.807) is 6.92 Å². The van der Waals surface area contributed by atoms with Crippen molar-refractivity contribution < 1.29 is 14.0 Å². The minimum Gasteiger partial charge on any atom is -0.352 e. The highest BCUT2D eigenvalue weighted by atomic mass is 35.5. The molecule has 1 aromatic rings. The zero-order chi connectivity index (χ0) is 15.8. The Morgan fingerprint density at radius 1 is 1.43 bits per heavy atom. The fourth-order valence-electron chi connectivity index (χ4n) is 1.79. The van der Waals surface area contributed by atoms with Gasteiger partial charge in [0.15, 0.2) is 0 Å². The van der Waals surface area contributed by atoms with E-state index in [2.05, 4.69) is 10.6 Å². The Bertz CT molecular complexity index is 607. The smallest absolute Gasteiger partial charge is 0.252 e. The molecule has 8 heteroatoms. The van der Waals surface area contributed by atoms with Crippen LogP contribution in [0.25, 0.3) is 0 Å². The van der Waals surface area contributed by atoms with Gasteiger partial charge in [-0.3, -0.25) is 9.59 Å². The average Bonchev–Trinajstić information content (AvgIpc) is 3.02. The summed E-state index contributed by atoms with van der Waals surface area (Å²) < 4.78 is 12.7. The molecule has 0 aromatic heterocycles. The first-order valence-corrected chi connectivity index (χ1v) is 7.35. The van der Waals surface area contributed by atoms with Crippen LogP contribution in [-0.4, -0.2) is 22.7 Å². The highest BCUT2D eigenvalue weighted by Crippen LogP contribution is 2.53. The van der Waals surface area contributed by atoms with E-state index in [0.29, 0.717) is 13.0 Å². The summed E-state index contributed by atoms with van der Waals surface area (Å²) in [5.74, 6) is -2.28. The Labute approximate surface area is 135 Å². The third kappa shape index (κ3) is 3.59. The van der Waals surface area contributed by atoms with E-state index >= 15 is 0 Å². The Hall–Kier alpha value is -1.04. The second kappa shape index (κ2) is 5.99. The molecule has 2 rings (SSSR count). The summed E-state index contributed by atoms with van der Waals surface area (Å²) in [4.78, 5) is 23.6. The third-order valence-corrected chi connectivity index (χ3v) is 4.19. The first kappa shape index (κ1) is 16.3. The zero-order valence-electron chi connectivity index (χ0n) is 11.0. The van der Waals surface area contributed by atoms with Gasteiger partial charge in [-0.25, -0.2) is 4.39 Å². The number of benzene rings is 1. The van der Waals surface area contributed by atoms with Crippen LogP contribution < -0.4 is 10.6 Å². The summed E-state index contributed by atoms with van der Waals surface area (Å²) >= 11 is 17.4. The summed E-state index contributed by atoms with van der Waals surface area (Å²) in [7, 11) is 0. The molecule has 1 fully saturated rings. The summed E-state index contributed by atoms with van der Waals surface area (Å²) in [5, 5.41) is 4.89. The van der Waals surface area contributed by atoms with Crippen molar-refractivity contribution in [2.75, 3.05) is 11.9 Å². The molecule has 1 aliphatic carbocycles. The van der Waals surface area contributed by atoms with Crippen LogP contribution >= 0.6 is 34.8 Å². The molecule has 0 radical (unpaired) electrons. The molecule has 0 bridgehead atoms. The van der Waals surface area contributed by atoms with Gasteiger partial charge in [0.05, 0.1) is 22.2 Å². The van der Waals surface area contributed by atoms with Gasteiger partial charge in [0.25, 0.3) is 5.91 Å². The number of carbonyl (C=O) groups excluding carboxylic acids is 2. The van der Waals surface area contributed by atoms with Crippen molar-refractivity contribution in [2.45, 2.75) is 17.7 Å². The van der Waals surface area contributed by atoms with Gasteiger partial charge in [0, 0.05) is 6.54 Å². The molecular formula is C13H12Cl3FN2O2. The summed E-state index contributed by atoms with van der Waals surface area (Å²) in [5.41, 5.74) is -0.0595. The van der Waals surface area contributed by atoms with Gasteiger partial charge < -0.3 is 10.6 Å². The highest BCUT2D eigenvalue weighted by Gasteiger charge is 2.56. The van der Waals surface area contributed by atoms with Crippen molar-refractivity contribution in [1.82, 2.24) is 5.32 Å². The quantitative estimate of drug-likeness (QED) is 0.816. The lowest BCUT2D eigenvalue weighted by Crippen LogP contribution is -2.24. The molecule has 0 spiro atoms. The molecule has 1 saturated carbocycles. The lowest BCUT2D eigenvalue weighted by Gasteiger charge is -2.10. The van der Waals surface area contributed by atoms with Crippen molar-refractivity contribution in [3.05, 3.63) is 28.5 Å². The zero-order valence-corrected chi connectivity index (χ0v) is 13.2. The topological polar surface area (TPSA) is 58.2 Å². The van der Waals surface area contributed by atoms with Crippen LogP contribution in [-0.2, 0) is 4.79 Å². The molecule has 0 saturated heterocycles. The Balaban J connectivity index is 2.21. The molecule has 1 atom stereocenters. The molecule has 1 unspecified atom stereocenters. The maximum Gasteiger partial charge on any atom is 0.252 e. The largest absolute Gasteiger partial charge is 0.352 e. The van der Waals surface area contributed by atoms with E-state index < -0.39 is 27.9 Å². The Morgan fingerprint density at radius 2 is 2.05 bits per heavy atom. The minimum atomic E-state index is -1.10. The van der Waals surface area contributed by atoms with Crippen molar-refractivity contribution in [1.29, 1.82) is 0 Å². The average molecular weight is 354 g/mol. The van der Waals surface area contributed by atoms with E-state index in [1.807, 2.05) is 0 Å². The molecule has 1 aliphatic rings. The van der Waals surface area contributed by atoms with Crippen LogP contribution in [0.15, 0.2) is 12.1 Å². The SMILES string of the molecule is CCNC(=O)c1cc(NC(=O)C2CC2(Cl)Cl)c(F)cc1Cl. The van der Waals surface area contributed by atoms with Crippen molar-refractivity contribution in [3.63, 3.8) is 0 Å².